The Bertz CT molecular complexity index is 401. The standard InChI is InChI=1S/C14H23N3/c1-10-5-4-6-17(9-10)14-13(8-15)11(2)7-12(3)16-14/h7,10H,4-6,8-9,15H2,1-3H3. The molecule has 2 heterocycles. The lowest BCUT2D eigenvalue weighted by atomic mass is 9.99. The molecule has 0 saturated carbocycles. The van der Waals surface area contributed by atoms with Crippen molar-refractivity contribution in [2.45, 2.75) is 40.2 Å². The topological polar surface area (TPSA) is 42.1 Å². The van der Waals surface area contributed by atoms with E-state index in [1.165, 1.54) is 24.0 Å². The lowest BCUT2D eigenvalue weighted by Crippen LogP contribution is -2.36. The Morgan fingerprint density at radius 1 is 1.47 bits per heavy atom. The monoisotopic (exact) mass is 233 g/mol. The van der Waals surface area contributed by atoms with Crippen LogP contribution in [0.4, 0.5) is 5.82 Å². The fourth-order valence-corrected chi connectivity index (χ4v) is 2.74. The first-order chi connectivity index (χ1) is 8.11. The molecule has 3 nitrogen and oxygen atoms in total. The van der Waals surface area contributed by atoms with Crippen LogP contribution in [0.25, 0.3) is 0 Å². The zero-order valence-corrected chi connectivity index (χ0v) is 11.2. The number of nitrogens with zero attached hydrogens (tertiary/aromatic N) is 2. The van der Waals surface area contributed by atoms with Crippen molar-refractivity contribution in [2.24, 2.45) is 11.7 Å². The fraction of sp³-hybridized carbons (Fsp3) is 0.643. The number of hydrogen-bond donors (Lipinski definition) is 1. The van der Waals surface area contributed by atoms with Gasteiger partial charge in [-0.2, -0.15) is 0 Å². The Balaban J connectivity index is 2.35. The summed E-state index contributed by atoms with van der Waals surface area (Å²) < 4.78 is 0. The Kier molecular flexibility index (Phi) is 3.67. The molecule has 17 heavy (non-hydrogen) atoms. The molecule has 0 bridgehead atoms. The maximum absolute atomic E-state index is 5.88. The van der Waals surface area contributed by atoms with Crippen LogP contribution in [-0.4, -0.2) is 18.1 Å². The van der Waals surface area contributed by atoms with Gasteiger partial charge in [0.25, 0.3) is 0 Å². The minimum absolute atomic E-state index is 0.583. The normalized spacial score (nSPS) is 20.7. The molecule has 0 aromatic carbocycles. The highest BCUT2D eigenvalue weighted by Gasteiger charge is 2.20. The van der Waals surface area contributed by atoms with Crippen LogP contribution in [0.1, 0.15) is 36.6 Å². The van der Waals surface area contributed by atoms with Gasteiger partial charge < -0.3 is 10.6 Å². The smallest absolute Gasteiger partial charge is 0.133 e. The highest BCUT2D eigenvalue weighted by Crippen LogP contribution is 2.26. The first-order valence-electron chi connectivity index (χ1n) is 6.54. The average Bonchev–Trinajstić information content (AvgIpc) is 2.28. The fourth-order valence-electron chi connectivity index (χ4n) is 2.74. The van der Waals surface area contributed by atoms with Crippen molar-refractivity contribution in [1.82, 2.24) is 4.98 Å². The predicted octanol–water partition coefficient (Wildman–Crippen LogP) is 2.39. The van der Waals surface area contributed by atoms with Crippen LogP contribution in [0.2, 0.25) is 0 Å². The second-order valence-electron chi connectivity index (χ2n) is 5.28. The van der Waals surface area contributed by atoms with Gasteiger partial charge in [0, 0.05) is 30.9 Å². The molecule has 0 amide bonds. The summed E-state index contributed by atoms with van der Waals surface area (Å²) in [6.45, 7) is 9.32. The zero-order chi connectivity index (χ0) is 12.4. The molecule has 1 unspecified atom stereocenters. The number of anilines is 1. The molecule has 3 heteroatoms. The number of aryl methyl sites for hydroxylation is 2. The first-order valence-corrected chi connectivity index (χ1v) is 6.54. The van der Waals surface area contributed by atoms with E-state index in [2.05, 4.69) is 31.7 Å². The van der Waals surface area contributed by atoms with Gasteiger partial charge in [0.1, 0.15) is 5.82 Å². The van der Waals surface area contributed by atoms with E-state index in [1.54, 1.807) is 0 Å². The van der Waals surface area contributed by atoms with Gasteiger partial charge in [0.2, 0.25) is 0 Å². The highest BCUT2D eigenvalue weighted by molar-refractivity contribution is 5.51. The van der Waals surface area contributed by atoms with Gasteiger partial charge in [-0.05, 0) is 44.2 Å². The molecule has 94 valence electrons. The predicted molar refractivity (Wildman–Crippen MR) is 72.2 cm³/mol. The quantitative estimate of drug-likeness (QED) is 0.853. The summed E-state index contributed by atoms with van der Waals surface area (Å²) in [5.41, 5.74) is 9.45. The van der Waals surface area contributed by atoms with Gasteiger partial charge in [-0.3, -0.25) is 0 Å². The zero-order valence-electron chi connectivity index (χ0n) is 11.2. The van der Waals surface area contributed by atoms with Crippen molar-refractivity contribution in [1.29, 1.82) is 0 Å². The molecule has 1 aromatic rings. The van der Waals surface area contributed by atoms with Gasteiger partial charge in [-0.25, -0.2) is 4.98 Å². The number of rotatable bonds is 2. The molecule has 1 atom stereocenters. The lowest BCUT2D eigenvalue weighted by molar-refractivity contribution is 0.443. The largest absolute Gasteiger partial charge is 0.356 e. The second-order valence-corrected chi connectivity index (χ2v) is 5.28. The molecule has 0 aliphatic carbocycles. The van der Waals surface area contributed by atoms with Crippen LogP contribution in [0.3, 0.4) is 0 Å². The van der Waals surface area contributed by atoms with Crippen LogP contribution >= 0.6 is 0 Å². The van der Waals surface area contributed by atoms with Crippen molar-refractivity contribution >= 4 is 5.82 Å². The number of hydrogen-bond acceptors (Lipinski definition) is 3. The summed E-state index contributed by atoms with van der Waals surface area (Å²) in [6.07, 6.45) is 2.60. The number of aromatic nitrogens is 1. The van der Waals surface area contributed by atoms with E-state index in [9.17, 15) is 0 Å². The highest BCUT2D eigenvalue weighted by atomic mass is 15.2. The summed E-state index contributed by atoms with van der Waals surface area (Å²) >= 11 is 0. The molecule has 1 aliphatic rings. The molecule has 1 fully saturated rings. The van der Waals surface area contributed by atoms with Crippen molar-refractivity contribution in [3.8, 4) is 0 Å². The number of pyridine rings is 1. The van der Waals surface area contributed by atoms with Crippen LogP contribution in [0, 0.1) is 19.8 Å². The molecule has 2 N–H and O–H groups in total. The average molecular weight is 233 g/mol. The molecular formula is C14H23N3. The minimum atomic E-state index is 0.583. The molecule has 1 aromatic heterocycles. The van der Waals surface area contributed by atoms with E-state index in [4.69, 9.17) is 10.7 Å². The second kappa shape index (κ2) is 5.05. The van der Waals surface area contributed by atoms with Gasteiger partial charge in [0.15, 0.2) is 0 Å². The van der Waals surface area contributed by atoms with Gasteiger partial charge >= 0.3 is 0 Å². The van der Waals surface area contributed by atoms with Gasteiger partial charge in [-0.15, -0.1) is 0 Å². The van der Waals surface area contributed by atoms with E-state index < -0.39 is 0 Å². The Morgan fingerprint density at radius 3 is 2.88 bits per heavy atom. The molecular weight excluding hydrogens is 210 g/mol. The van der Waals surface area contributed by atoms with Crippen LogP contribution < -0.4 is 10.6 Å². The Hall–Kier alpha value is -1.09. The maximum atomic E-state index is 5.88. The summed E-state index contributed by atoms with van der Waals surface area (Å²) in [7, 11) is 0. The molecule has 2 rings (SSSR count). The Labute approximate surface area is 104 Å². The van der Waals surface area contributed by atoms with Gasteiger partial charge in [0.05, 0.1) is 0 Å². The van der Waals surface area contributed by atoms with E-state index in [0.29, 0.717) is 6.54 Å². The third kappa shape index (κ3) is 2.60. The molecule has 1 aliphatic heterocycles. The van der Waals surface area contributed by atoms with E-state index in [-0.39, 0.29) is 0 Å². The molecule has 0 spiro atoms. The lowest BCUT2D eigenvalue weighted by Gasteiger charge is -2.33. The summed E-state index contributed by atoms with van der Waals surface area (Å²) in [6, 6.07) is 2.12. The van der Waals surface area contributed by atoms with Crippen molar-refractivity contribution in [3.63, 3.8) is 0 Å². The van der Waals surface area contributed by atoms with Crippen LogP contribution in [0.15, 0.2) is 6.07 Å². The third-order valence-electron chi connectivity index (χ3n) is 3.61. The number of nitrogens with two attached hydrogens (primary N) is 1. The third-order valence-corrected chi connectivity index (χ3v) is 3.61. The minimum Gasteiger partial charge on any atom is -0.356 e. The van der Waals surface area contributed by atoms with Crippen molar-refractivity contribution in [3.05, 3.63) is 22.9 Å². The summed E-state index contributed by atoms with van der Waals surface area (Å²) in [5.74, 6) is 1.88. The Morgan fingerprint density at radius 2 is 2.24 bits per heavy atom. The summed E-state index contributed by atoms with van der Waals surface area (Å²) in [4.78, 5) is 7.12. The van der Waals surface area contributed by atoms with Crippen LogP contribution in [0.5, 0.6) is 0 Å². The van der Waals surface area contributed by atoms with E-state index >= 15 is 0 Å². The molecule has 1 saturated heterocycles. The first kappa shape index (κ1) is 12.4. The number of piperidine rings is 1. The van der Waals surface area contributed by atoms with E-state index in [0.717, 1.165) is 30.5 Å². The van der Waals surface area contributed by atoms with Crippen molar-refractivity contribution in [2.75, 3.05) is 18.0 Å². The summed E-state index contributed by atoms with van der Waals surface area (Å²) in [5, 5.41) is 0. The van der Waals surface area contributed by atoms with Crippen LogP contribution in [-0.2, 0) is 6.54 Å². The van der Waals surface area contributed by atoms with Crippen molar-refractivity contribution < 1.29 is 0 Å². The van der Waals surface area contributed by atoms with E-state index in [1.807, 2.05) is 0 Å². The SMILES string of the molecule is Cc1cc(C)c(CN)c(N2CCCC(C)C2)n1. The maximum Gasteiger partial charge on any atom is 0.133 e. The molecule has 0 radical (unpaired) electrons. The van der Waals surface area contributed by atoms with Gasteiger partial charge in [-0.1, -0.05) is 6.92 Å².